The van der Waals surface area contributed by atoms with Gasteiger partial charge in [0.15, 0.2) is 0 Å². The van der Waals surface area contributed by atoms with Crippen molar-refractivity contribution in [2.24, 2.45) is 17.3 Å². The second-order valence-corrected chi connectivity index (χ2v) is 6.86. The first-order valence-corrected chi connectivity index (χ1v) is 6.43. The Morgan fingerprint density at radius 3 is 1.53 bits per heavy atom. The van der Waals surface area contributed by atoms with Gasteiger partial charge in [0.2, 0.25) is 0 Å². The van der Waals surface area contributed by atoms with E-state index in [4.69, 9.17) is 0 Å². The van der Waals surface area contributed by atoms with Crippen molar-refractivity contribution in [2.75, 3.05) is 19.6 Å². The predicted octanol–water partition coefficient (Wildman–Crippen LogP) is 4.04. The Kier molecular flexibility index (Phi) is 6.51. The van der Waals surface area contributed by atoms with Gasteiger partial charge in [-0.1, -0.05) is 48.5 Å². The van der Waals surface area contributed by atoms with Gasteiger partial charge in [0.25, 0.3) is 0 Å². The van der Waals surface area contributed by atoms with E-state index in [1.165, 1.54) is 26.1 Å². The Bertz CT molecular complexity index is 143. The van der Waals surface area contributed by atoms with Crippen molar-refractivity contribution in [3.63, 3.8) is 0 Å². The van der Waals surface area contributed by atoms with E-state index in [9.17, 15) is 0 Å². The number of hydrogen-bond acceptors (Lipinski definition) is 1. The van der Waals surface area contributed by atoms with E-state index < -0.39 is 0 Å². The maximum atomic E-state index is 2.63. The Morgan fingerprint density at radius 2 is 1.27 bits per heavy atom. The minimum Gasteiger partial charge on any atom is -0.303 e. The van der Waals surface area contributed by atoms with Crippen LogP contribution in [0.5, 0.6) is 0 Å². The van der Waals surface area contributed by atoms with Crippen molar-refractivity contribution in [1.29, 1.82) is 0 Å². The summed E-state index contributed by atoms with van der Waals surface area (Å²) in [5.74, 6) is 1.56. The van der Waals surface area contributed by atoms with Crippen LogP contribution in [-0.2, 0) is 0 Å². The molecule has 1 heteroatoms. The van der Waals surface area contributed by atoms with Crippen LogP contribution >= 0.6 is 0 Å². The molecule has 0 amide bonds. The van der Waals surface area contributed by atoms with Gasteiger partial charge in [0, 0.05) is 13.1 Å². The Balaban J connectivity index is 4.01. The molecule has 0 aromatic heterocycles. The van der Waals surface area contributed by atoms with E-state index >= 15 is 0 Å². The summed E-state index contributed by atoms with van der Waals surface area (Å²) in [5, 5.41) is 0. The van der Waals surface area contributed by atoms with Crippen LogP contribution in [0.2, 0.25) is 0 Å². The second kappa shape index (κ2) is 6.52. The van der Waals surface area contributed by atoms with Crippen LogP contribution in [0.4, 0.5) is 0 Å². The lowest BCUT2D eigenvalue weighted by Gasteiger charge is -2.29. The molecule has 0 heterocycles. The SMILES string of the molecule is CC(C)CN(CCC(C)(C)C)CC(C)C. The molecule has 0 fully saturated rings. The largest absolute Gasteiger partial charge is 0.303 e. The highest BCUT2D eigenvalue weighted by Crippen LogP contribution is 2.19. The highest BCUT2D eigenvalue weighted by molar-refractivity contribution is 4.68. The highest BCUT2D eigenvalue weighted by Gasteiger charge is 2.14. The minimum absolute atomic E-state index is 0.464. The highest BCUT2D eigenvalue weighted by atomic mass is 15.1. The van der Waals surface area contributed by atoms with Crippen LogP contribution in [0.15, 0.2) is 0 Å². The van der Waals surface area contributed by atoms with E-state index in [1.54, 1.807) is 0 Å². The summed E-state index contributed by atoms with van der Waals surface area (Å²) in [4.78, 5) is 2.63. The molecule has 0 spiro atoms. The Hall–Kier alpha value is -0.0400. The molecule has 0 rings (SSSR count). The van der Waals surface area contributed by atoms with Crippen LogP contribution in [0.3, 0.4) is 0 Å². The third-order valence-electron chi connectivity index (χ3n) is 2.42. The number of hydrogen-bond donors (Lipinski definition) is 0. The van der Waals surface area contributed by atoms with Crippen molar-refractivity contribution in [2.45, 2.75) is 54.9 Å². The smallest absolute Gasteiger partial charge is 0.000450 e. The maximum Gasteiger partial charge on any atom is 0.000450 e. The van der Waals surface area contributed by atoms with E-state index in [0.29, 0.717) is 5.41 Å². The van der Waals surface area contributed by atoms with Gasteiger partial charge >= 0.3 is 0 Å². The van der Waals surface area contributed by atoms with Gasteiger partial charge in [-0.2, -0.15) is 0 Å². The normalized spacial score (nSPS) is 13.2. The maximum absolute atomic E-state index is 2.63. The van der Waals surface area contributed by atoms with Gasteiger partial charge < -0.3 is 4.90 Å². The van der Waals surface area contributed by atoms with Crippen LogP contribution in [0.25, 0.3) is 0 Å². The lowest BCUT2D eigenvalue weighted by atomic mass is 9.92. The molecule has 0 saturated heterocycles. The van der Waals surface area contributed by atoms with Gasteiger partial charge in [-0.15, -0.1) is 0 Å². The zero-order valence-corrected chi connectivity index (χ0v) is 11.9. The molecule has 0 radical (unpaired) electrons. The molecule has 0 aliphatic rings. The fourth-order valence-corrected chi connectivity index (χ4v) is 1.78. The average Bonchev–Trinajstić information content (AvgIpc) is 1.96. The van der Waals surface area contributed by atoms with Gasteiger partial charge in [0.1, 0.15) is 0 Å². The summed E-state index contributed by atoms with van der Waals surface area (Å²) in [6.45, 7) is 20.0. The summed E-state index contributed by atoms with van der Waals surface area (Å²) in [7, 11) is 0. The van der Waals surface area contributed by atoms with Crippen molar-refractivity contribution in [1.82, 2.24) is 4.90 Å². The summed E-state index contributed by atoms with van der Waals surface area (Å²) in [6, 6.07) is 0. The lowest BCUT2D eigenvalue weighted by Crippen LogP contribution is -2.33. The van der Waals surface area contributed by atoms with Gasteiger partial charge in [-0.3, -0.25) is 0 Å². The molecular weight excluding hydrogens is 182 g/mol. The number of rotatable bonds is 6. The van der Waals surface area contributed by atoms with Gasteiger partial charge in [0.05, 0.1) is 0 Å². The molecule has 15 heavy (non-hydrogen) atoms. The summed E-state index contributed by atoms with van der Waals surface area (Å²) < 4.78 is 0. The molecule has 0 saturated carbocycles. The van der Waals surface area contributed by atoms with E-state index in [2.05, 4.69) is 53.4 Å². The van der Waals surface area contributed by atoms with Crippen LogP contribution in [0, 0.1) is 17.3 Å². The second-order valence-electron chi connectivity index (χ2n) is 6.86. The molecule has 0 bridgehead atoms. The van der Waals surface area contributed by atoms with Crippen LogP contribution in [0.1, 0.15) is 54.9 Å². The Labute approximate surface area is 97.2 Å². The molecule has 0 unspecified atom stereocenters. The molecule has 0 aromatic carbocycles. The lowest BCUT2D eigenvalue weighted by molar-refractivity contribution is 0.189. The molecular formula is C14H31N. The molecule has 0 atom stereocenters. The van der Waals surface area contributed by atoms with Crippen LogP contribution in [-0.4, -0.2) is 24.5 Å². The topological polar surface area (TPSA) is 3.24 Å². The first-order valence-electron chi connectivity index (χ1n) is 6.43. The third-order valence-corrected chi connectivity index (χ3v) is 2.42. The van der Waals surface area contributed by atoms with Crippen LogP contribution < -0.4 is 0 Å². The van der Waals surface area contributed by atoms with Crippen molar-refractivity contribution in [3.05, 3.63) is 0 Å². The fraction of sp³-hybridized carbons (Fsp3) is 1.00. The first kappa shape index (κ1) is 15.0. The van der Waals surface area contributed by atoms with E-state index in [0.717, 1.165) is 11.8 Å². The fourth-order valence-electron chi connectivity index (χ4n) is 1.78. The summed E-state index contributed by atoms with van der Waals surface area (Å²) in [6.07, 6.45) is 1.30. The molecule has 0 N–H and O–H groups in total. The Morgan fingerprint density at radius 1 is 0.867 bits per heavy atom. The molecule has 1 nitrogen and oxygen atoms in total. The van der Waals surface area contributed by atoms with E-state index in [1.807, 2.05) is 0 Å². The standard InChI is InChI=1S/C14H31N/c1-12(2)10-15(11-13(3)4)9-8-14(5,6)7/h12-13H,8-11H2,1-7H3. The zero-order valence-electron chi connectivity index (χ0n) is 11.9. The molecule has 0 aliphatic carbocycles. The zero-order chi connectivity index (χ0) is 12.1. The minimum atomic E-state index is 0.464. The average molecular weight is 213 g/mol. The number of nitrogens with zero attached hydrogens (tertiary/aromatic N) is 1. The van der Waals surface area contributed by atoms with Gasteiger partial charge in [-0.25, -0.2) is 0 Å². The molecule has 92 valence electrons. The first-order chi connectivity index (χ1) is 6.70. The molecule has 0 aromatic rings. The quantitative estimate of drug-likeness (QED) is 0.644. The van der Waals surface area contributed by atoms with Crippen molar-refractivity contribution < 1.29 is 0 Å². The monoisotopic (exact) mass is 213 g/mol. The summed E-state index contributed by atoms with van der Waals surface area (Å²) >= 11 is 0. The summed E-state index contributed by atoms with van der Waals surface area (Å²) in [5.41, 5.74) is 0.464. The van der Waals surface area contributed by atoms with Crippen molar-refractivity contribution in [3.8, 4) is 0 Å². The third kappa shape index (κ3) is 10.2. The predicted molar refractivity (Wildman–Crippen MR) is 70.2 cm³/mol. The van der Waals surface area contributed by atoms with Crippen molar-refractivity contribution >= 4 is 0 Å². The molecule has 0 aliphatic heterocycles. The van der Waals surface area contributed by atoms with E-state index in [-0.39, 0.29) is 0 Å². The van der Waals surface area contributed by atoms with Gasteiger partial charge in [-0.05, 0) is 30.2 Å².